The number of aromatic nitrogens is 2. The van der Waals surface area contributed by atoms with Gasteiger partial charge < -0.3 is 5.73 Å². The van der Waals surface area contributed by atoms with Gasteiger partial charge >= 0.3 is 0 Å². The number of carbonyl (C=O) groups is 2. The van der Waals surface area contributed by atoms with Crippen molar-refractivity contribution in [3.05, 3.63) is 30.3 Å². The van der Waals surface area contributed by atoms with E-state index in [2.05, 4.69) is 9.36 Å². The van der Waals surface area contributed by atoms with Crippen molar-refractivity contribution in [2.45, 2.75) is 6.42 Å². The molecule has 3 rings (SSSR count). The molecule has 2 heterocycles. The second-order valence-corrected chi connectivity index (χ2v) is 5.30. The summed E-state index contributed by atoms with van der Waals surface area (Å²) in [7, 11) is 0. The van der Waals surface area contributed by atoms with E-state index in [-0.39, 0.29) is 18.9 Å². The van der Waals surface area contributed by atoms with E-state index in [1.165, 1.54) is 4.90 Å². The summed E-state index contributed by atoms with van der Waals surface area (Å²) in [5, 5.41) is 0.512. The fraction of sp³-hybridized carbons (Fsp3) is 0.231. The van der Waals surface area contributed by atoms with Crippen LogP contribution in [0, 0.1) is 5.92 Å². The van der Waals surface area contributed by atoms with E-state index >= 15 is 0 Å². The summed E-state index contributed by atoms with van der Waals surface area (Å²) < 4.78 is 4.26. The molecule has 1 aliphatic rings. The molecule has 2 N–H and O–H groups in total. The monoisotopic (exact) mass is 288 g/mol. The Morgan fingerprint density at radius 3 is 2.75 bits per heavy atom. The molecule has 1 unspecified atom stereocenters. The van der Waals surface area contributed by atoms with Gasteiger partial charge in [-0.2, -0.15) is 9.36 Å². The van der Waals surface area contributed by atoms with Crippen LogP contribution in [0.2, 0.25) is 0 Å². The third kappa shape index (κ3) is 2.27. The Hall–Kier alpha value is -2.28. The highest BCUT2D eigenvalue weighted by atomic mass is 32.1. The number of nitrogens with two attached hydrogens (primary N) is 1. The van der Waals surface area contributed by atoms with Crippen LogP contribution in [-0.2, 0) is 9.59 Å². The Morgan fingerprint density at radius 1 is 1.35 bits per heavy atom. The zero-order chi connectivity index (χ0) is 14.1. The van der Waals surface area contributed by atoms with Crippen LogP contribution in [0.3, 0.4) is 0 Å². The van der Waals surface area contributed by atoms with Crippen LogP contribution in [-0.4, -0.2) is 27.7 Å². The third-order valence-corrected chi connectivity index (χ3v) is 3.94. The van der Waals surface area contributed by atoms with Gasteiger partial charge in [-0.25, -0.2) is 0 Å². The molecular weight excluding hydrogens is 276 g/mol. The average molecular weight is 288 g/mol. The predicted octanol–water partition coefficient (Wildman–Crippen LogP) is 1.04. The molecule has 1 aliphatic heterocycles. The number of nitrogens with zero attached hydrogens (tertiary/aromatic N) is 3. The Kier molecular flexibility index (Phi) is 3.19. The number of rotatable bonds is 3. The minimum atomic E-state index is -0.450. The van der Waals surface area contributed by atoms with Crippen molar-refractivity contribution in [2.75, 3.05) is 11.4 Å². The lowest BCUT2D eigenvalue weighted by Crippen LogP contribution is -2.28. The van der Waals surface area contributed by atoms with Gasteiger partial charge in [0.2, 0.25) is 16.9 Å². The van der Waals surface area contributed by atoms with Gasteiger partial charge in [-0.15, -0.1) is 0 Å². The lowest BCUT2D eigenvalue weighted by molar-refractivity contribution is -0.123. The number of hydrogen-bond acceptors (Lipinski definition) is 5. The number of hydrogen-bond donors (Lipinski definition) is 1. The minimum absolute atomic E-state index is 0.135. The summed E-state index contributed by atoms with van der Waals surface area (Å²) in [4.78, 5) is 28.9. The zero-order valence-electron chi connectivity index (χ0n) is 10.5. The third-order valence-electron chi connectivity index (χ3n) is 3.21. The van der Waals surface area contributed by atoms with Crippen molar-refractivity contribution >= 4 is 28.5 Å². The highest BCUT2D eigenvalue weighted by Gasteiger charge is 2.35. The van der Waals surface area contributed by atoms with Crippen LogP contribution in [0.25, 0.3) is 11.4 Å². The molecule has 0 aliphatic carbocycles. The molecule has 1 saturated heterocycles. The molecule has 0 saturated carbocycles. The van der Waals surface area contributed by atoms with Gasteiger partial charge in [0.1, 0.15) is 0 Å². The van der Waals surface area contributed by atoms with Crippen LogP contribution < -0.4 is 10.6 Å². The Labute approximate surface area is 119 Å². The van der Waals surface area contributed by atoms with Crippen LogP contribution in [0.4, 0.5) is 5.13 Å². The number of anilines is 1. The molecule has 7 heteroatoms. The van der Waals surface area contributed by atoms with Gasteiger partial charge in [-0.3, -0.25) is 14.5 Å². The zero-order valence-corrected chi connectivity index (χ0v) is 11.3. The smallest absolute Gasteiger partial charge is 0.229 e. The van der Waals surface area contributed by atoms with Crippen molar-refractivity contribution in [3.8, 4) is 11.4 Å². The molecule has 0 bridgehead atoms. The largest absolute Gasteiger partial charge is 0.369 e. The van der Waals surface area contributed by atoms with Crippen molar-refractivity contribution < 1.29 is 9.59 Å². The fourth-order valence-electron chi connectivity index (χ4n) is 2.11. The molecular formula is C13H12N4O2S. The van der Waals surface area contributed by atoms with Crippen LogP contribution in [0.15, 0.2) is 30.3 Å². The predicted molar refractivity (Wildman–Crippen MR) is 75.0 cm³/mol. The van der Waals surface area contributed by atoms with Crippen molar-refractivity contribution in [2.24, 2.45) is 11.7 Å². The molecule has 1 aromatic carbocycles. The summed E-state index contributed by atoms with van der Waals surface area (Å²) in [5.41, 5.74) is 6.14. The second-order valence-electron chi connectivity index (χ2n) is 4.57. The number of benzene rings is 1. The summed E-state index contributed by atoms with van der Waals surface area (Å²) >= 11 is 1.15. The van der Waals surface area contributed by atoms with E-state index in [0.717, 1.165) is 17.1 Å². The lowest BCUT2D eigenvalue weighted by atomic mass is 10.1. The first-order valence-electron chi connectivity index (χ1n) is 6.14. The number of primary amides is 1. The van der Waals surface area contributed by atoms with Crippen molar-refractivity contribution in [1.29, 1.82) is 0 Å². The molecule has 1 aromatic heterocycles. The first kappa shape index (κ1) is 12.7. The Balaban J connectivity index is 1.84. The number of amides is 2. The highest BCUT2D eigenvalue weighted by molar-refractivity contribution is 7.10. The Bertz CT molecular complexity index is 655. The summed E-state index contributed by atoms with van der Waals surface area (Å²) in [6.07, 6.45) is 0.148. The summed E-state index contributed by atoms with van der Waals surface area (Å²) in [5.74, 6) is -0.439. The maximum Gasteiger partial charge on any atom is 0.229 e. The summed E-state index contributed by atoms with van der Waals surface area (Å²) in [6, 6.07) is 9.53. The van der Waals surface area contributed by atoms with E-state index in [1.54, 1.807) is 0 Å². The molecule has 1 atom stereocenters. The molecule has 6 nitrogen and oxygen atoms in total. The molecule has 0 radical (unpaired) electrons. The van der Waals surface area contributed by atoms with E-state index in [9.17, 15) is 9.59 Å². The molecule has 2 aromatic rings. The van der Waals surface area contributed by atoms with Crippen LogP contribution in [0.5, 0.6) is 0 Å². The topological polar surface area (TPSA) is 89.2 Å². The standard InChI is InChI=1S/C13H12N4O2S/c14-11(19)9-6-10(18)17(7-9)13-15-12(16-20-13)8-4-2-1-3-5-8/h1-5,9H,6-7H2,(H2,14,19). The van der Waals surface area contributed by atoms with Gasteiger partial charge in [0.25, 0.3) is 0 Å². The van der Waals surface area contributed by atoms with E-state index in [4.69, 9.17) is 5.73 Å². The number of carbonyl (C=O) groups excluding carboxylic acids is 2. The van der Waals surface area contributed by atoms with Crippen LogP contribution >= 0.6 is 11.5 Å². The molecule has 102 valence electrons. The van der Waals surface area contributed by atoms with Gasteiger partial charge in [-0.05, 0) is 0 Å². The van der Waals surface area contributed by atoms with Crippen molar-refractivity contribution in [3.63, 3.8) is 0 Å². The van der Waals surface area contributed by atoms with E-state index < -0.39 is 11.8 Å². The molecule has 0 spiro atoms. The normalized spacial score (nSPS) is 18.5. The van der Waals surface area contributed by atoms with Gasteiger partial charge in [-0.1, -0.05) is 30.3 Å². The highest BCUT2D eigenvalue weighted by Crippen LogP contribution is 2.28. The van der Waals surface area contributed by atoms with Gasteiger partial charge in [0.15, 0.2) is 5.82 Å². The molecule has 2 amide bonds. The maximum absolute atomic E-state index is 11.9. The van der Waals surface area contributed by atoms with Crippen molar-refractivity contribution in [1.82, 2.24) is 9.36 Å². The first-order chi connectivity index (χ1) is 9.65. The van der Waals surface area contributed by atoms with Gasteiger partial charge in [0.05, 0.1) is 5.92 Å². The van der Waals surface area contributed by atoms with E-state index in [0.29, 0.717) is 11.0 Å². The quantitative estimate of drug-likeness (QED) is 0.914. The lowest BCUT2D eigenvalue weighted by Gasteiger charge is -2.10. The first-order valence-corrected chi connectivity index (χ1v) is 6.91. The maximum atomic E-state index is 11.9. The molecule has 1 fully saturated rings. The van der Waals surface area contributed by atoms with Crippen LogP contribution in [0.1, 0.15) is 6.42 Å². The second kappa shape index (κ2) is 5.01. The average Bonchev–Trinajstić information content (AvgIpc) is 3.06. The van der Waals surface area contributed by atoms with Gasteiger partial charge in [0, 0.05) is 30.1 Å². The Morgan fingerprint density at radius 2 is 2.10 bits per heavy atom. The fourth-order valence-corrected chi connectivity index (χ4v) is 2.83. The minimum Gasteiger partial charge on any atom is -0.369 e. The summed E-state index contributed by atoms with van der Waals surface area (Å²) in [6.45, 7) is 0.289. The van der Waals surface area contributed by atoms with E-state index in [1.807, 2.05) is 30.3 Å². The SMILES string of the molecule is NC(=O)C1CC(=O)N(c2nc(-c3ccccc3)ns2)C1. The molecule has 20 heavy (non-hydrogen) atoms.